The predicted octanol–water partition coefficient (Wildman–Crippen LogP) is 1.20. The fourth-order valence-electron chi connectivity index (χ4n) is 1.57. The summed E-state index contributed by atoms with van der Waals surface area (Å²) >= 11 is 0. The number of rotatable bonds is 4. The van der Waals surface area contributed by atoms with E-state index in [9.17, 15) is 0 Å². The number of aromatic nitrogens is 4. The summed E-state index contributed by atoms with van der Waals surface area (Å²) in [5, 5.41) is 0. The Labute approximate surface area is 88.1 Å². The largest absolute Gasteiger partial charge is 0.339 e. The third-order valence-electron chi connectivity index (χ3n) is 2.49. The molecule has 0 saturated heterocycles. The van der Waals surface area contributed by atoms with Gasteiger partial charge in [-0.2, -0.15) is 0 Å². The lowest BCUT2D eigenvalue weighted by Gasteiger charge is -2.05. The molecule has 2 heterocycles. The molecule has 5 heteroatoms. The summed E-state index contributed by atoms with van der Waals surface area (Å²) in [6, 6.07) is 0. The molecule has 0 aliphatic carbocycles. The second kappa shape index (κ2) is 4.35. The van der Waals surface area contributed by atoms with Crippen LogP contribution in [0.5, 0.6) is 0 Å². The highest BCUT2D eigenvalue weighted by molar-refractivity contribution is 5.68. The first kappa shape index (κ1) is 10.0. The average Bonchev–Trinajstić information content (AvgIpc) is 2.69. The first-order chi connectivity index (χ1) is 7.31. The van der Waals surface area contributed by atoms with Gasteiger partial charge in [0.05, 0.1) is 6.20 Å². The molecule has 3 N–H and O–H groups in total. The van der Waals surface area contributed by atoms with Gasteiger partial charge >= 0.3 is 0 Å². The van der Waals surface area contributed by atoms with Crippen LogP contribution in [0.25, 0.3) is 11.2 Å². The van der Waals surface area contributed by atoms with E-state index in [0.717, 1.165) is 36.4 Å². The number of aromatic amines is 1. The lowest BCUT2D eigenvalue weighted by atomic mass is 10.1. The van der Waals surface area contributed by atoms with Gasteiger partial charge in [0.15, 0.2) is 5.65 Å². The van der Waals surface area contributed by atoms with Crippen LogP contribution in [0, 0.1) is 0 Å². The van der Waals surface area contributed by atoms with Gasteiger partial charge in [-0.3, -0.25) is 0 Å². The lowest BCUT2D eigenvalue weighted by Crippen LogP contribution is -2.02. The fraction of sp³-hybridized carbons (Fsp3) is 0.500. The van der Waals surface area contributed by atoms with Crippen molar-refractivity contribution in [3.05, 3.63) is 18.3 Å². The van der Waals surface area contributed by atoms with Gasteiger partial charge in [-0.05, 0) is 19.4 Å². The minimum Gasteiger partial charge on any atom is -0.339 e. The first-order valence-electron chi connectivity index (χ1n) is 5.17. The molecule has 0 aliphatic rings. The van der Waals surface area contributed by atoms with Gasteiger partial charge in [-0.25, -0.2) is 15.0 Å². The van der Waals surface area contributed by atoms with E-state index in [-0.39, 0.29) is 0 Å². The predicted molar refractivity (Wildman–Crippen MR) is 58.4 cm³/mol. The molecule has 2 aromatic rings. The topological polar surface area (TPSA) is 80.5 Å². The Morgan fingerprint density at radius 1 is 1.53 bits per heavy atom. The first-order valence-corrected chi connectivity index (χ1v) is 5.17. The number of hydrogen-bond acceptors (Lipinski definition) is 4. The van der Waals surface area contributed by atoms with Crippen molar-refractivity contribution in [2.45, 2.75) is 25.7 Å². The maximum atomic E-state index is 5.48. The average molecular weight is 205 g/mol. The maximum Gasteiger partial charge on any atom is 0.180 e. The highest BCUT2D eigenvalue weighted by Gasteiger charge is 2.10. The Morgan fingerprint density at radius 3 is 3.13 bits per heavy atom. The number of fused-ring (bicyclic) bond motifs is 1. The smallest absolute Gasteiger partial charge is 0.180 e. The Bertz CT molecular complexity index is 403. The summed E-state index contributed by atoms with van der Waals surface area (Å²) in [7, 11) is 0. The van der Waals surface area contributed by atoms with Crippen molar-refractivity contribution >= 4 is 11.2 Å². The molecule has 5 nitrogen and oxygen atoms in total. The van der Waals surface area contributed by atoms with Gasteiger partial charge < -0.3 is 10.7 Å². The molecule has 2 rings (SSSR count). The van der Waals surface area contributed by atoms with Crippen LogP contribution in [0.1, 0.15) is 31.5 Å². The van der Waals surface area contributed by atoms with Crippen LogP contribution in [-0.4, -0.2) is 26.5 Å². The SMILES string of the molecule is CC(CCCN)c1nc2ncncc2[nH]1. The molecule has 0 radical (unpaired) electrons. The zero-order valence-corrected chi connectivity index (χ0v) is 8.77. The summed E-state index contributed by atoms with van der Waals surface area (Å²) in [6.45, 7) is 2.87. The van der Waals surface area contributed by atoms with Gasteiger partial charge in [0.2, 0.25) is 0 Å². The standard InChI is InChI=1S/C10H15N5/c1-7(3-2-4-11)9-14-8-5-12-6-13-10(8)15-9/h5-7H,2-4,11H2,1H3,(H,12,13,14,15). The van der Waals surface area contributed by atoms with Crippen LogP contribution in [0.2, 0.25) is 0 Å². The van der Waals surface area contributed by atoms with E-state index in [4.69, 9.17) is 5.73 Å². The van der Waals surface area contributed by atoms with Crippen molar-refractivity contribution < 1.29 is 0 Å². The van der Waals surface area contributed by atoms with Crippen molar-refractivity contribution in [1.29, 1.82) is 0 Å². The van der Waals surface area contributed by atoms with Crippen molar-refractivity contribution in [3.63, 3.8) is 0 Å². The van der Waals surface area contributed by atoms with E-state index in [1.54, 1.807) is 6.20 Å². The summed E-state index contributed by atoms with van der Waals surface area (Å²) in [4.78, 5) is 15.7. The number of imidazole rings is 1. The molecule has 0 aromatic carbocycles. The van der Waals surface area contributed by atoms with Crippen molar-refractivity contribution in [2.75, 3.05) is 6.54 Å². The maximum absolute atomic E-state index is 5.48. The third kappa shape index (κ3) is 2.12. The Morgan fingerprint density at radius 2 is 2.40 bits per heavy atom. The van der Waals surface area contributed by atoms with Crippen molar-refractivity contribution in [3.8, 4) is 0 Å². The Kier molecular flexibility index (Phi) is 2.91. The van der Waals surface area contributed by atoms with Crippen LogP contribution in [0.3, 0.4) is 0 Å². The second-order valence-electron chi connectivity index (χ2n) is 3.71. The Balaban J connectivity index is 2.20. The van der Waals surface area contributed by atoms with E-state index < -0.39 is 0 Å². The van der Waals surface area contributed by atoms with E-state index in [1.807, 2.05) is 0 Å². The molecule has 0 bridgehead atoms. The van der Waals surface area contributed by atoms with E-state index in [2.05, 4.69) is 26.9 Å². The monoisotopic (exact) mass is 205 g/mol. The van der Waals surface area contributed by atoms with Gasteiger partial charge in [0, 0.05) is 5.92 Å². The molecule has 0 saturated carbocycles. The molecule has 2 aromatic heterocycles. The van der Waals surface area contributed by atoms with Crippen LogP contribution in [0.15, 0.2) is 12.5 Å². The quantitative estimate of drug-likeness (QED) is 0.785. The van der Waals surface area contributed by atoms with E-state index in [1.165, 1.54) is 6.33 Å². The zero-order valence-electron chi connectivity index (χ0n) is 8.77. The van der Waals surface area contributed by atoms with Gasteiger partial charge in [0.25, 0.3) is 0 Å². The van der Waals surface area contributed by atoms with Crippen LogP contribution >= 0.6 is 0 Å². The molecule has 0 amide bonds. The molecule has 0 spiro atoms. The van der Waals surface area contributed by atoms with E-state index in [0.29, 0.717) is 5.92 Å². The summed E-state index contributed by atoms with van der Waals surface area (Å²) in [5.41, 5.74) is 7.11. The number of nitrogens with zero attached hydrogens (tertiary/aromatic N) is 3. The second-order valence-corrected chi connectivity index (χ2v) is 3.71. The van der Waals surface area contributed by atoms with Crippen molar-refractivity contribution in [1.82, 2.24) is 19.9 Å². The number of nitrogens with two attached hydrogens (primary N) is 1. The van der Waals surface area contributed by atoms with Crippen molar-refractivity contribution in [2.24, 2.45) is 5.73 Å². The highest BCUT2D eigenvalue weighted by Crippen LogP contribution is 2.19. The molecule has 0 fully saturated rings. The molecule has 1 unspecified atom stereocenters. The number of nitrogens with one attached hydrogen (secondary N) is 1. The molecule has 15 heavy (non-hydrogen) atoms. The summed E-state index contributed by atoms with van der Waals surface area (Å²) in [5.74, 6) is 1.36. The van der Waals surface area contributed by atoms with Crippen LogP contribution < -0.4 is 5.73 Å². The molecule has 80 valence electrons. The molecule has 1 atom stereocenters. The highest BCUT2D eigenvalue weighted by atomic mass is 15.0. The zero-order chi connectivity index (χ0) is 10.7. The van der Waals surface area contributed by atoms with Crippen LogP contribution in [-0.2, 0) is 0 Å². The molecule has 0 aliphatic heterocycles. The molecular formula is C10H15N5. The lowest BCUT2D eigenvalue weighted by molar-refractivity contribution is 0.616. The number of H-pyrrole nitrogens is 1. The molecular weight excluding hydrogens is 190 g/mol. The normalized spacial score (nSPS) is 13.2. The van der Waals surface area contributed by atoms with Gasteiger partial charge in [-0.1, -0.05) is 6.92 Å². The minimum absolute atomic E-state index is 0.391. The fourth-order valence-corrected chi connectivity index (χ4v) is 1.57. The van der Waals surface area contributed by atoms with Gasteiger partial charge in [0.1, 0.15) is 17.7 Å². The van der Waals surface area contributed by atoms with Crippen LogP contribution in [0.4, 0.5) is 0 Å². The minimum atomic E-state index is 0.391. The summed E-state index contributed by atoms with van der Waals surface area (Å²) in [6.07, 6.45) is 5.32. The Hall–Kier alpha value is -1.49. The van der Waals surface area contributed by atoms with E-state index >= 15 is 0 Å². The number of hydrogen-bond donors (Lipinski definition) is 2. The summed E-state index contributed by atoms with van der Waals surface area (Å²) < 4.78 is 0. The van der Waals surface area contributed by atoms with Gasteiger partial charge in [-0.15, -0.1) is 0 Å². The third-order valence-corrected chi connectivity index (χ3v) is 2.49.